The van der Waals surface area contributed by atoms with Gasteiger partial charge in [0, 0.05) is 25.0 Å². The van der Waals surface area contributed by atoms with E-state index in [9.17, 15) is 13.2 Å². The summed E-state index contributed by atoms with van der Waals surface area (Å²) in [6, 6.07) is 5.57. The number of imidazole rings is 1. The van der Waals surface area contributed by atoms with Crippen LogP contribution in [-0.2, 0) is 9.84 Å². The van der Waals surface area contributed by atoms with Crippen molar-refractivity contribution in [2.45, 2.75) is 50.2 Å². The van der Waals surface area contributed by atoms with Gasteiger partial charge in [-0.2, -0.15) is 0 Å². The van der Waals surface area contributed by atoms with Crippen molar-refractivity contribution in [2.75, 3.05) is 12.8 Å². The van der Waals surface area contributed by atoms with E-state index in [4.69, 9.17) is 0 Å². The molecule has 1 saturated heterocycles. The van der Waals surface area contributed by atoms with E-state index in [-0.39, 0.29) is 22.8 Å². The SMILES string of the molecule is CC1CCN(C(=O)c2nc(S(C)(=O)=O)n3ccccc23)C2CCCCC12. The zero-order valence-electron chi connectivity index (χ0n) is 15.3. The number of sulfone groups is 1. The molecule has 0 N–H and O–H groups in total. The number of hydrogen-bond donors (Lipinski definition) is 0. The number of fused-ring (bicyclic) bond motifs is 2. The van der Waals surface area contributed by atoms with Crippen molar-refractivity contribution in [1.82, 2.24) is 14.3 Å². The minimum Gasteiger partial charge on any atom is -0.334 e. The van der Waals surface area contributed by atoms with Gasteiger partial charge in [-0.3, -0.25) is 9.20 Å². The lowest BCUT2D eigenvalue weighted by molar-refractivity contribution is 0.0215. The first-order valence-corrected chi connectivity index (χ1v) is 11.2. The predicted octanol–water partition coefficient (Wildman–Crippen LogP) is 2.78. The summed E-state index contributed by atoms with van der Waals surface area (Å²) in [5.41, 5.74) is 0.814. The first kappa shape index (κ1) is 17.5. The number of carbonyl (C=O) groups excluding carboxylic acids is 1. The van der Waals surface area contributed by atoms with E-state index in [0.717, 1.165) is 32.1 Å². The van der Waals surface area contributed by atoms with Crippen LogP contribution in [0, 0.1) is 11.8 Å². The third kappa shape index (κ3) is 2.82. The first-order valence-electron chi connectivity index (χ1n) is 9.36. The maximum atomic E-state index is 13.4. The van der Waals surface area contributed by atoms with E-state index in [1.165, 1.54) is 17.2 Å². The van der Waals surface area contributed by atoms with Gasteiger partial charge in [0.15, 0.2) is 5.69 Å². The van der Waals surface area contributed by atoms with Crippen LogP contribution in [0.2, 0.25) is 0 Å². The monoisotopic (exact) mass is 375 g/mol. The van der Waals surface area contributed by atoms with Crippen LogP contribution in [0.1, 0.15) is 49.5 Å². The Balaban J connectivity index is 1.77. The Morgan fingerprint density at radius 2 is 1.96 bits per heavy atom. The third-order valence-electron chi connectivity index (χ3n) is 6.05. The number of hydrogen-bond acceptors (Lipinski definition) is 4. The molecule has 2 aliphatic rings. The van der Waals surface area contributed by atoms with Gasteiger partial charge < -0.3 is 4.90 Å². The maximum absolute atomic E-state index is 13.4. The molecule has 1 saturated carbocycles. The lowest BCUT2D eigenvalue weighted by atomic mass is 9.72. The van der Waals surface area contributed by atoms with E-state index in [1.807, 2.05) is 11.0 Å². The predicted molar refractivity (Wildman–Crippen MR) is 98.9 cm³/mol. The Bertz CT molecular complexity index is 950. The van der Waals surface area contributed by atoms with Crippen molar-refractivity contribution in [1.29, 1.82) is 0 Å². The van der Waals surface area contributed by atoms with Gasteiger partial charge in [0.05, 0.1) is 5.52 Å². The van der Waals surface area contributed by atoms with E-state index in [1.54, 1.807) is 18.3 Å². The van der Waals surface area contributed by atoms with Crippen LogP contribution in [-0.4, -0.2) is 47.5 Å². The van der Waals surface area contributed by atoms with E-state index >= 15 is 0 Å². The molecule has 0 bridgehead atoms. The number of amides is 1. The second-order valence-corrected chi connectivity index (χ2v) is 9.66. The molecule has 6 nitrogen and oxygen atoms in total. The number of rotatable bonds is 2. The molecular formula is C19H25N3O3S. The quantitative estimate of drug-likeness (QED) is 0.809. The van der Waals surface area contributed by atoms with E-state index in [2.05, 4.69) is 11.9 Å². The normalized spacial score (nSPS) is 26.7. The molecule has 4 rings (SSSR count). The van der Waals surface area contributed by atoms with Crippen molar-refractivity contribution >= 4 is 21.3 Å². The molecule has 140 valence electrons. The molecule has 0 radical (unpaired) electrons. The van der Waals surface area contributed by atoms with Crippen LogP contribution < -0.4 is 0 Å². The largest absolute Gasteiger partial charge is 0.334 e. The number of nitrogens with zero attached hydrogens (tertiary/aromatic N) is 3. The van der Waals surface area contributed by atoms with Crippen LogP contribution in [0.3, 0.4) is 0 Å². The van der Waals surface area contributed by atoms with Crippen molar-refractivity contribution in [3.63, 3.8) is 0 Å². The zero-order valence-corrected chi connectivity index (χ0v) is 16.1. The lowest BCUT2D eigenvalue weighted by Gasteiger charge is -2.47. The minimum absolute atomic E-state index is 0.0676. The van der Waals surface area contributed by atoms with Gasteiger partial charge in [-0.15, -0.1) is 0 Å². The Labute approximate surface area is 154 Å². The van der Waals surface area contributed by atoms with Crippen LogP contribution in [0.15, 0.2) is 29.6 Å². The first-order chi connectivity index (χ1) is 12.4. The van der Waals surface area contributed by atoms with Gasteiger partial charge in [-0.05, 0) is 43.2 Å². The van der Waals surface area contributed by atoms with Gasteiger partial charge in [0.2, 0.25) is 15.0 Å². The molecule has 1 aliphatic heterocycles. The average Bonchev–Trinajstić information content (AvgIpc) is 3.02. The summed E-state index contributed by atoms with van der Waals surface area (Å²) in [5.74, 6) is 1.05. The van der Waals surface area contributed by atoms with Crippen molar-refractivity contribution < 1.29 is 13.2 Å². The van der Waals surface area contributed by atoms with E-state index in [0.29, 0.717) is 17.4 Å². The van der Waals surface area contributed by atoms with Crippen molar-refractivity contribution in [3.8, 4) is 0 Å². The standard InChI is InChI=1S/C19H25N3O3S/c1-13-10-12-21(15-8-4-3-7-14(13)15)18(23)17-16-9-5-6-11-22(16)19(20-17)26(2,24)25/h5-6,9,11,13-15H,3-4,7-8,10,12H2,1-2H3. The minimum atomic E-state index is -3.52. The summed E-state index contributed by atoms with van der Waals surface area (Å²) in [4.78, 5) is 19.6. The van der Waals surface area contributed by atoms with Crippen LogP contribution in [0.4, 0.5) is 0 Å². The molecule has 7 heteroatoms. The average molecular weight is 375 g/mol. The second kappa shape index (κ2) is 6.37. The van der Waals surface area contributed by atoms with Crippen LogP contribution in [0.5, 0.6) is 0 Å². The highest BCUT2D eigenvalue weighted by atomic mass is 32.2. The Hall–Kier alpha value is -1.89. The highest BCUT2D eigenvalue weighted by Crippen LogP contribution is 2.39. The summed E-state index contributed by atoms with van der Waals surface area (Å²) < 4.78 is 25.8. The number of carbonyl (C=O) groups is 1. The number of pyridine rings is 1. The Kier molecular flexibility index (Phi) is 4.29. The summed E-state index contributed by atoms with van der Waals surface area (Å²) in [6.45, 7) is 3.01. The van der Waals surface area contributed by atoms with Crippen LogP contribution >= 0.6 is 0 Å². The van der Waals surface area contributed by atoms with Gasteiger partial charge in [0.25, 0.3) is 5.91 Å². The molecule has 0 aromatic carbocycles. The fourth-order valence-electron chi connectivity index (χ4n) is 4.73. The van der Waals surface area contributed by atoms with Gasteiger partial charge in [0.1, 0.15) is 0 Å². The topological polar surface area (TPSA) is 71.8 Å². The molecule has 26 heavy (non-hydrogen) atoms. The summed E-state index contributed by atoms with van der Waals surface area (Å²) in [5, 5.41) is -0.0676. The van der Waals surface area contributed by atoms with Crippen LogP contribution in [0.25, 0.3) is 5.52 Å². The molecule has 2 aromatic rings. The highest BCUT2D eigenvalue weighted by molar-refractivity contribution is 7.90. The second-order valence-electron chi connectivity index (χ2n) is 7.75. The zero-order chi connectivity index (χ0) is 18.5. The number of piperidine rings is 1. The van der Waals surface area contributed by atoms with Crippen molar-refractivity contribution in [3.05, 3.63) is 30.1 Å². The molecular weight excluding hydrogens is 350 g/mol. The maximum Gasteiger partial charge on any atom is 0.275 e. The van der Waals surface area contributed by atoms with Gasteiger partial charge >= 0.3 is 0 Å². The molecule has 2 aromatic heterocycles. The molecule has 3 atom stereocenters. The fraction of sp³-hybridized carbons (Fsp3) is 0.579. The molecule has 1 aliphatic carbocycles. The van der Waals surface area contributed by atoms with Crippen molar-refractivity contribution in [2.24, 2.45) is 11.8 Å². The van der Waals surface area contributed by atoms with Gasteiger partial charge in [-0.25, -0.2) is 13.4 Å². The Morgan fingerprint density at radius 3 is 2.73 bits per heavy atom. The summed E-state index contributed by atoms with van der Waals surface area (Å²) in [7, 11) is -3.52. The fourth-order valence-corrected chi connectivity index (χ4v) is 5.50. The lowest BCUT2D eigenvalue weighted by Crippen LogP contribution is -2.52. The molecule has 0 spiro atoms. The number of likely N-dealkylation sites (tertiary alicyclic amines) is 1. The van der Waals surface area contributed by atoms with E-state index < -0.39 is 9.84 Å². The summed E-state index contributed by atoms with van der Waals surface area (Å²) >= 11 is 0. The summed E-state index contributed by atoms with van der Waals surface area (Å²) in [6.07, 6.45) is 8.37. The number of aromatic nitrogens is 2. The molecule has 3 heterocycles. The highest BCUT2D eigenvalue weighted by Gasteiger charge is 2.40. The molecule has 3 unspecified atom stereocenters. The Morgan fingerprint density at radius 1 is 1.19 bits per heavy atom. The molecule has 1 amide bonds. The van der Waals surface area contributed by atoms with Gasteiger partial charge in [-0.1, -0.05) is 25.8 Å². The smallest absolute Gasteiger partial charge is 0.275 e. The third-order valence-corrected chi connectivity index (χ3v) is 7.00. The molecule has 2 fully saturated rings.